The SMILES string of the molecule is CN(C)C(=O)CC1CN(c2ncc(Br)cn2)C1. The van der Waals surface area contributed by atoms with Crippen molar-refractivity contribution in [1.29, 1.82) is 0 Å². The van der Waals surface area contributed by atoms with Crippen molar-refractivity contribution in [2.45, 2.75) is 6.42 Å². The van der Waals surface area contributed by atoms with E-state index in [9.17, 15) is 4.79 Å². The zero-order valence-corrected chi connectivity index (χ0v) is 11.5. The van der Waals surface area contributed by atoms with Crippen LogP contribution in [0.4, 0.5) is 5.95 Å². The van der Waals surface area contributed by atoms with E-state index in [1.165, 1.54) is 0 Å². The standard InChI is InChI=1S/C11H15BrN4O/c1-15(2)10(17)3-8-6-16(7-8)11-13-4-9(12)5-14-11/h4-5,8H,3,6-7H2,1-2H3. The maximum atomic E-state index is 11.5. The zero-order valence-electron chi connectivity index (χ0n) is 9.93. The molecule has 0 saturated carbocycles. The van der Waals surface area contributed by atoms with Crippen molar-refractivity contribution >= 4 is 27.8 Å². The monoisotopic (exact) mass is 298 g/mol. The van der Waals surface area contributed by atoms with Crippen molar-refractivity contribution in [2.24, 2.45) is 5.92 Å². The average molecular weight is 299 g/mol. The van der Waals surface area contributed by atoms with Crippen molar-refractivity contribution in [1.82, 2.24) is 14.9 Å². The lowest BCUT2D eigenvalue weighted by molar-refractivity contribution is -0.129. The maximum absolute atomic E-state index is 11.5. The first-order valence-corrected chi connectivity index (χ1v) is 6.28. The molecule has 1 saturated heterocycles. The molecule has 1 aliphatic heterocycles. The Hall–Kier alpha value is -1.17. The van der Waals surface area contributed by atoms with Crippen LogP contribution in [-0.4, -0.2) is 48.0 Å². The van der Waals surface area contributed by atoms with Crippen LogP contribution >= 0.6 is 15.9 Å². The molecule has 5 nitrogen and oxygen atoms in total. The van der Waals surface area contributed by atoms with E-state index in [2.05, 4.69) is 30.8 Å². The van der Waals surface area contributed by atoms with Gasteiger partial charge < -0.3 is 9.80 Å². The van der Waals surface area contributed by atoms with Gasteiger partial charge in [-0.05, 0) is 15.9 Å². The van der Waals surface area contributed by atoms with Gasteiger partial charge in [-0.2, -0.15) is 0 Å². The molecule has 6 heteroatoms. The Morgan fingerprint density at radius 3 is 2.59 bits per heavy atom. The van der Waals surface area contributed by atoms with Gasteiger partial charge in [0.05, 0.1) is 4.47 Å². The summed E-state index contributed by atoms with van der Waals surface area (Å²) in [6, 6.07) is 0. The lowest BCUT2D eigenvalue weighted by Gasteiger charge is -2.39. The molecular weight excluding hydrogens is 284 g/mol. The fraction of sp³-hybridized carbons (Fsp3) is 0.545. The van der Waals surface area contributed by atoms with Gasteiger partial charge in [-0.15, -0.1) is 0 Å². The summed E-state index contributed by atoms with van der Waals surface area (Å²) in [5.41, 5.74) is 0. The van der Waals surface area contributed by atoms with Crippen LogP contribution in [0, 0.1) is 5.92 Å². The van der Waals surface area contributed by atoms with E-state index in [0.29, 0.717) is 12.3 Å². The highest BCUT2D eigenvalue weighted by Crippen LogP contribution is 2.24. The number of nitrogens with zero attached hydrogens (tertiary/aromatic N) is 4. The van der Waals surface area contributed by atoms with Gasteiger partial charge in [0.1, 0.15) is 0 Å². The van der Waals surface area contributed by atoms with Crippen molar-refractivity contribution in [3.8, 4) is 0 Å². The summed E-state index contributed by atoms with van der Waals surface area (Å²) in [5, 5.41) is 0. The third kappa shape index (κ3) is 2.94. The van der Waals surface area contributed by atoms with Gasteiger partial charge in [-0.25, -0.2) is 9.97 Å². The first-order valence-electron chi connectivity index (χ1n) is 5.49. The molecule has 0 radical (unpaired) electrons. The second kappa shape index (κ2) is 5.00. The minimum atomic E-state index is 0.186. The Morgan fingerprint density at radius 2 is 2.06 bits per heavy atom. The smallest absolute Gasteiger partial charge is 0.225 e. The lowest BCUT2D eigenvalue weighted by Crippen LogP contribution is -2.49. The summed E-state index contributed by atoms with van der Waals surface area (Å²) in [6.45, 7) is 1.72. The van der Waals surface area contributed by atoms with Crippen LogP contribution in [0.5, 0.6) is 0 Å². The topological polar surface area (TPSA) is 49.3 Å². The van der Waals surface area contributed by atoms with Gasteiger partial charge in [-0.3, -0.25) is 4.79 Å². The Balaban J connectivity index is 1.83. The van der Waals surface area contributed by atoms with Crippen LogP contribution in [0.25, 0.3) is 0 Å². The minimum absolute atomic E-state index is 0.186. The number of anilines is 1. The van der Waals surface area contributed by atoms with Gasteiger partial charge in [0.2, 0.25) is 11.9 Å². The third-order valence-electron chi connectivity index (χ3n) is 2.81. The van der Waals surface area contributed by atoms with E-state index in [4.69, 9.17) is 0 Å². The molecule has 0 atom stereocenters. The van der Waals surface area contributed by atoms with Crippen LogP contribution in [0.15, 0.2) is 16.9 Å². The zero-order chi connectivity index (χ0) is 12.4. The maximum Gasteiger partial charge on any atom is 0.225 e. The molecular formula is C11H15BrN4O. The van der Waals surface area contributed by atoms with E-state index in [0.717, 1.165) is 23.5 Å². The van der Waals surface area contributed by atoms with Crippen LogP contribution < -0.4 is 4.90 Å². The molecule has 0 unspecified atom stereocenters. The molecule has 1 aromatic rings. The summed E-state index contributed by atoms with van der Waals surface area (Å²) < 4.78 is 0.876. The van der Waals surface area contributed by atoms with Crippen LogP contribution in [0.1, 0.15) is 6.42 Å². The quantitative estimate of drug-likeness (QED) is 0.840. The van der Waals surface area contributed by atoms with Crippen molar-refractivity contribution in [2.75, 3.05) is 32.1 Å². The Labute approximate surface area is 109 Å². The molecule has 0 N–H and O–H groups in total. The molecule has 0 aliphatic carbocycles. The predicted octanol–water partition coefficient (Wildman–Crippen LogP) is 1.15. The van der Waals surface area contributed by atoms with Crippen LogP contribution in [-0.2, 0) is 4.79 Å². The number of aromatic nitrogens is 2. The largest absolute Gasteiger partial charge is 0.349 e. The van der Waals surface area contributed by atoms with Gasteiger partial charge in [0, 0.05) is 51.9 Å². The molecule has 92 valence electrons. The second-order valence-electron chi connectivity index (χ2n) is 4.46. The first kappa shape index (κ1) is 12.3. The lowest BCUT2D eigenvalue weighted by atomic mass is 9.96. The van der Waals surface area contributed by atoms with E-state index in [-0.39, 0.29) is 5.91 Å². The Kier molecular flexibility index (Phi) is 3.61. The third-order valence-corrected chi connectivity index (χ3v) is 3.22. The highest BCUT2D eigenvalue weighted by atomic mass is 79.9. The number of halogens is 1. The van der Waals surface area contributed by atoms with Crippen LogP contribution in [0.3, 0.4) is 0 Å². The predicted molar refractivity (Wildman–Crippen MR) is 68.7 cm³/mol. The fourth-order valence-corrected chi connectivity index (χ4v) is 1.97. The average Bonchev–Trinajstić information content (AvgIpc) is 2.24. The minimum Gasteiger partial charge on any atom is -0.349 e. The Morgan fingerprint density at radius 1 is 1.47 bits per heavy atom. The van der Waals surface area contributed by atoms with E-state index in [1.807, 2.05) is 0 Å². The molecule has 0 bridgehead atoms. The highest BCUT2D eigenvalue weighted by Gasteiger charge is 2.30. The summed E-state index contributed by atoms with van der Waals surface area (Å²) >= 11 is 3.30. The molecule has 17 heavy (non-hydrogen) atoms. The van der Waals surface area contributed by atoms with Gasteiger partial charge in [0.25, 0.3) is 0 Å². The van der Waals surface area contributed by atoms with Gasteiger partial charge in [0.15, 0.2) is 0 Å². The first-order chi connectivity index (χ1) is 8.06. The summed E-state index contributed by atoms with van der Waals surface area (Å²) in [6.07, 6.45) is 4.08. The van der Waals surface area contributed by atoms with E-state index < -0.39 is 0 Å². The fourth-order valence-electron chi connectivity index (χ4n) is 1.76. The Bertz CT molecular complexity index is 400. The molecule has 1 aliphatic rings. The number of rotatable bonds is 3. The van der Waals surface area contributed by atoms with Crippen LogP contribution in [0.2, 0.25) is 0 Å². The molecule has 2 rings (SSSR count). The number of carbonyl (C=O) groups excluding carboxylic acids is 1. The molecule has 1 fully saturated rings. The summed E-state index contributed by atoms with van der Waals surface area (Å²) in [7, 11) is 3.58. The molecule has 1 amide bonds. The van der Waals surface area contributed by atoms with Crippen molar-refractivity contribution < 1.29 is 4.79 Å². The summed E-state index contributed by atoms with van der Waals surface area (Å²) in [4.78, 5) is 23.7. The van der Waals surface area contributed by atoms with E-state index in [1.54, 1.807) is 31.4 Å². The summed E-state index contributed by atoms with van der Waals surface area (Å²) in [5.74, 6) is 1.35. The molecule has 1 aromatic heterocycles. The van der Waals surface area contributed by atoms with Crippen molar-refractivity contribution in [3.05, 3.63) is 16.9 Å². The molecule has 2 heterocycles. The van der Waals surface area contributed by atoms with Crippen molar-refractivity contribution in [3.63, 3.8) is 0 Å². The number of hydrogen-bond acceptors (Lipinski definition) is 4. The van der Waals surface area contributed by atoms with Gasteiger partial charge >= 0.3 is 0 Å². The molecule has 0 spiro atoms. The number of hydrogen-bond donors (Lipinski definition) is 0. The number of carbonyl (C=O) groups is 1. The van der Waals surface area contributed by atoms with E-state index >= 15 is 0 Å². The molecule has 0 aromatic carbocycles. The van der Waals surface area contributed by atoms with Gasteiger partial charge in [-0.1, -0.05) is 0 Å². The number of amides is 1. The normalized spacial score (nSPS) is 15.6. The highest BCUT2D eigenvalue weighted by molar-refractivity contribution is 9.10. The second-order valence-corrected chi connectivity index (χ2v) is 5.38.